The van der Waals surface area contributed by atoms with Crippen LogP contribution in [-0.4, -0.2) is 36.8 Å². The first-order valence-corrected chi connectivity index (χ1v) is 7.12. The molecule has 5 heteroatoms. The van der Waals surface area contributed by atoms with E-state index in [9.17, 15) is 13.2 Å². The van der Waals surface area contributed by atoms with Crippen LogP contribution in [0.15, 0.2) is 24.3 Å². The summed E-state index contributed by atoms with van der Waals surface area (Å²) in [6.45, 7) is 1.29. The van der Waals surface area contributed by atoms with Crippen molar-refractivity contribution in [1.29, 1.82) is 0 Å². The van der Waals surface area contributed by atoms with E-state index < -0.39 is 12.7 Å². The molecule has 1 N–H and O–H groups in total. The van der Waals surface area contributed by atoms with Crippen LogP contribution in [0.25, 0.3) is 0 Å². The van der Waals surface area contributed by atoms with Crippen LogP contribution in [0.2, 0.25) is 0 Å². The Balaban J connectivity index is 1.73. The molecule has 3 rings (SSSR count). The number of halogens is 3. The van der Waals surface area contributed by atoms with Gasteiger partial charge in [0, 0.05) is 31.6 Å². The van der Waals surface area contributed by atoms with Crippen LogP contribution in [0.1, 0.15) is 29.9 Å². The summed E-state index contributed by atoms with van der Waals surface area (Å²) in [5.41, 5.74) is 2.42. The average molecular weight is 284 g/mol. The monoisotopic (exact) mass is 284 g/mol. The van der Waals surface area contributed by atoms with Crippen molar-refractivity contribution in [2.75, 3.05) is 19.6 Å². The molecule has 0 bridgehead atoms. The Hall–Kier alpha value is -1.07. The van der Waals surface area contributed by atoms with Gasteiger partial charge in [0.1, 0.15) is 0 Å². The SMILES string of the molecule is FC(F)(F)CN(CC1CNCc2ccccc21)C1CC1. The van der Waals surface area contributed by atoms with Crippen LogP contribution in [-0.2, 0) is 6.54 Å². The second kappa shape index (κ2) is 5.37. The zero-order valence-corrected chi connectivity index (χ0v) is 11.3. The van der Waals surface area contributed by atoms with Crippen molar-refractivity contribution in [3.8, 4) is 0 Å². The molecule has 1 aliphatic carbocycles. The Morgan fingerprint density at radius 1 is 1.20 bits per heavy atom. The lowest BCUT2D eigenvalue weighted by molar-refractivity contribution is -0.147. The van der Waals surface area contributed by atoms with Crippen LogP contribution < -0.4 is 5.32 Å². The van der Waals surface area contributed by atoms with Gasteiger partial charge in [-0.1, -0.05) is 24.3 Å². The van der Waals surface area contributed by atoms with Gasteiger partial charge in [0.2, 0.25) is 0 Å². The minimum absolute atomic E-state index is 0.130. The molecule has 2 aliphatic rings. The third kappa shape index (κ3) is 3.33. The predicted octanol–water partition coefficient (Wildman–Crippen LogP) is 2.90. The van der Waals surface area contributed by atoms with Crippen molar-refractivity contribution in [2.45, 2.75) is 37.5 Å². The average Bonchev–Trinajstić information content (AvgIpc) is 3.21. The van der Waals surface area contributed by atoms with E-state index in [1.54, 1.807) is 4.90 Å². The van der Waals surface area contributed by atoms with Crippen molar-refractivity contribution < 1.29 is 13.2 Å². The summed E-state index contributed by atoms with van der Waals surface area (Å²) >= 11 is 0. The van der Waals surface area contributed by atoms with Gasteiger partial charge in [-0.2, -0.15) is 13.2 Å². The van der Waals surface area contributed by atoms with Crippen molar-refractivity contribution >= 4 is 0 Å². The van der Waals surface area contributed by atoms with E-state index in [-0.39, 0.29) is 12.0 Å². The van der Waals surface area contributed by atoms with Gasteiger partial charge < -0.3 is 5.32 Å². The maximum atomic E-state index is 12.7. The minimum Gasteiger partial charge on any atom is -0.312 e. The number of nitrogens with zero attached hydrogens (tertiary/aromatic N) is 1. The molecule has 2 nitrogen and oxygen atoms in total. The second-order valence-corrected chi connectivity index (χ2v) is 5.80. The summed E-state index contributed by atoms with van der Waals surface area (Å²) in [6.07, 6.45) is -2.31. The van der Waals surface area contributed by atoms with Gasteiger partial charge >= 0.3 is 6.18 Å². The largest absolute Gasteiger partial charge is 0.401 e. The van der Waals surface area contributed by atoms with Crippen molar-refractivity contribution in [3.05, 3.63) is 35.4 Å². The molecule has 0 spiro atoms. The molecule has 20 heavy (non-hydrogen) atoms. The van der Waals surface area contributed by atoms with Gasteiger partial charge in [0.15, 0.2) is 0 Å². The molecule has 110 valence electrons. The van der Waals surface area contributed by atoms with E-state index in [0.717, 1.165) is 25.9 Å². The molecular weight excluding hydrogens is 265 g/mol. The van der Waals surface area contributed by atoms with Gasteiger partial charge in [-0.15, -0.1) is 0 Å². The summed E-state index contributed by atoms with van der Waals surface area (Å²) in [4.78, 5) is 1.62. The summed E-state index contributed by atoms with van der Waals surface area (Å²) in [5.74, 6) is 0.155. The topological polar surface area (TPSA) is 15.3 Å². The lowest BCUT2D eigenvalue weighted by Crippen LogP contribution is -2.42. The van der Waals surface area contributed by atoms with Crippen molar-refractivity contribution in [1.82, 2.24) is 10.2 Å². The Kier molecular flexibility index (Phi) is 3.73. The summed E-state index contributed by atoms with van der Waals surface area (Å²) in [5, 5.41) is 3.31. The molecule has 1 fully saturated rings. The molecule has 0 saturated heterocycles. The molecule has 1 aromatic rings. The first kappa shape index (κ1) is 13.9. The molecule has 0 amide bonds. The number of nitrogens with one attached hydrogen (secondary N) is 1. The number of alkyl halides is 3. The highest BCUT2D eigenvalue weighted by Crippen LogP contribution is 2.33. The molecule has 0 aromatic heterocycles. The number of fused-ring (bicyclic) bond motifs is 1. The fourth-order valence-electron chi connectivity index (χ4n) is 3.04. The van der Waals surface area contributed by atoms with Crippen molar-refractivity contribution in [2.24, 2.45) is 0 Å². The molecular formula is C15H19F3N2. The van der Waals surface area contributed by atoms with Crippen LogP contribution in [0, 0.1) is 0 Å². The van der Waals surface area contributed by atoms with E-state index in [1.165, 1.54) is 11.1 Å². The lowest BCUT2D eigenvalue weighted by Gasteiger charge is -2.32. The van der Waals surface area contributed by atoms with Gasteiger partial charge in [-0.3, -0.25) is 4.90 Å². The third-order valence-electron chi connectivity index (χ3n) is 4.10. The van der Waals surface area contributed by atoms with Crippen molar-refractivity contribution in [3.63, 3.8) is 0 Å². The van der Waals surface area contributed by atoms with Gasteiger partial charge in [-0.05, 0) is 24.0 Å². The predicted molar refractivity (Wildman–Crippen MR) is 71.5 cm³/mol. The smallest absolute Gasteiger partial charge is 0.312 e. The van der Waals surface area contributed by atoms with Gasteiger partial charge in [-0.25, -0.2) is 0 Å². The molecule has 1 saturated carbocycles. The van der Waals surface area contributed by atoms with Crippen LogP contribution in [0.5, 0.6) is 0 Å². The zero-order chi connectivity index (χ0) is 14.2. The van der Waals surface area contributed by atoms with E-state index >= 15 is 0 Å². The van der Waals surface area contributed by atoms with E-state index in [2.05, 4.69) is 17.4 Å². The zero-order valence-electron chi connectivity index (χ0n) is 11.3. The van der Waals surface area contributed by atoms with Crippen LogP contribution >= 0.6 is 0 Å². The molecule has 0 radical (unpaired) electrons. The standard InChI is InChI=1S/C15H19F3N2/c16-15(17,18)10-20(13-5-6-13)9-12-8-19-7-11-3-1-2-4-14(11)12/h1-4,12-13,19H,5-10H2. The first-order chi connectivity index (χ1) is 9.53. The number of hydrogen-bond acceptors (Lipinski definition) is 2. The van der Waals surface area contributed by atoms with E-state index in [4.69, 9.17) is 0 Å². The van der Waals surface area contributed by atoms with Crippen LogP contribution in [0.3, 0.4) is 0 Å². The summed E-state index contributed by atoms with van der Waals surface area (Å²) < 4.78 is 38.1. The number of hydrogen-bond donors (Lipinski definition) is 1. The fraction of sp³-hybridized carbons (Fsp3) is 0.600. The fourth-order valence-corrected chi connectivity index (χ4v) is 3.04. The summed E-state index contributed by atoms with van der Waals surface area (Å²) in [7, 11) is 0. The quantitative estimate of drug-likeness (QED) is 0.914. The minimum atomic E-state index is -4.11. The Morgan fingerprint density at radius 2 is 1.95 bits per heavy atom. The summed E-state index contributed by atoms with van der Waals surface area (Å²) in [6, 6.07) is 8.20. The van der Waals surface area contributed by atoms with Gasteiger partial charge in [0.25, 0.3) is 0 Å². The normalized spacial score (nSPS) is 22.9. The third-order valence-corrected chi connectivity index (χ3v) is 4.10. The molecule has 1 atom stereocenters. The second-order valence-electron chi connectivity index (χ2n) is 5.80. The number of benzene rings is 1. The Morgan fingerprint density at radius 3 is 2.65 bits per heavy atom. The maximum absolute atomic E-state index is 12.7. The van der Waals surface area contributed by atoms with Gasteiger partial charge in [0.05, 0.1) is 6.54 Å². The number of rotatable bonds is 4. The highest BCUT2D eigenvalue weighted by molar-refractivity contribution is 5.33. The Labute approximate surface area is 117 Å². The maximum Gasteiger partial charge on any atom is 0.401 e. The van der Waals surface area contributed by atoms with Crippen LogP contribution in [0.4, 0.5) is 13.2 Å². The molecule has 1 aromatic carbocycles. The van der Waals surface area contributed by atoms with E-state index in [0.29, 0.717) is 6.54 Å². The van der Waals surface area contributed by atoms with E-state index in [1.807, 2.05) is 12.1 Å². The highest BCUT2D eigenvalue weighted by Gasteiger charge is 2.39. The molecule has 1 unspecified atom stereocenters. The molecule has 1 heterocycles. The Bertz CT molecular complexity index is 468. The highest BCUT2D eigenvalue weighted by atomic mass is 19.4. The molecule has 1 aliphatic heterocycles. The first-order valence-electron chi connectivity index (χ1n) is 7.12. The lowest BCUT2D eigenvalue weighted by atomic mass is 9.90.